The molecule has 0 radical (unpaired) electrons. The standard InChI is InChI=1S/C26H30NO6/c28-25(26(29,23-9-4-16-31-23)24-10-5-17-32-24)33-22-19-27(14-11-20(22)12-15-27)13-6-18-30-21-7-2-1-3-8-21/h1-5,7-10,16-17,20,22,29H,6,11-15,18-19H2/q+1. The molecule has 0 aliphatic carbocycles. The Morgan fingerprint density at radius 2 is 1.67 bits per heavy atom. The van der Waals surface area contributed by atoms with Crippen LogP contribution < -0.4 is 4.74 Å². The highest BCUT2D eigenvalue weighted by Gasteiger charge is 2.52. The Bertz CT molecular complexity index is 988. The van der Waals surface area contributed by atoms with Gasteiger partial charge < -0.3 is 27.9 Å². The van der Waals surface area contributed by atoms with Gasteiger partial charge in [-0.15, -0.1) is 0 Å². The molecular weight excluding hydrogens is 422 g/mol. The van der Waals surface area contributed by atoms with E-state index in [1.807, 2.05) is 30.3 Å². The number of furan rings is 2. The average molecular weight is 453 g/mol. The molecule has 0 amide bonds. The third-order valence-electron chi connectivity index (χ3n) is 7.14. The van der Waals surface area contributed by atoms with Crippen LogP contribution in [-0.2, 0) is 15.1 Å². The second kappa shape index (κ2) is 9.08. The van der Waals surface area contributed by atoms with Gasteiger partial charge >= 0.3 is 5.97 Å². The predicted octanol–water partition coefficient (Wildman–Crippen LogP) is 3.73. The molecule has 3 fully saturated rings. The molecule has 3 aliphatic rings. The van der Waals surface area contributed by atoms with Gasteiger partial charge in [0, 0.05) is 25.2 Å². The molecule has 174 valence electrons. The molecule has 2 aromatic heterocycles. The number of aliphatic hydroxyl groups is 1. The summed E-state index contributed by atoms with van der Waals surface area (Å²) in [4.78, 5) is 13.3. The maximum absolute atomic E-state index is 13.3. The molecule has 0 saturated carbocycles. The summed E-state index contributed by atoms with van der Waals surface area (Å²) in [7, 11) is 0. The highest BCUT2D eigenvalue weighted by Crippen LogP contribution is 2.38. The Morgan fingerprint density at radius 1 is 1.00 bits per heavy atom. The summed E-state index contributed by atoms with van der Waals surface area (Å²) in [5.41, 5.74) is -2.10. The molecule has 1 aromatic carbocycles. The van der Waals surface area contributed by atoms with Crippen LogP contribution in [0.25, 0.3) is 0 Å². The maximum Gasteiger partial charge on any atom is 0.354 e. The third-order valence-corrected chi connectivity index (χ3v) is 7.14. The fraction of sp³-hybridized carbons (Fsp3) is 0.423. The van der Waals surface area contributed by atoms with Crippen molar-refractivity contribution >= 4 is 5.97 Å². The van der Waals surface area contributed by atoms with Crippen LogP contribution in [0.5, 0.6) is 5.75 Å². The smallest absolute Gasteiger partial charge is 0.354 e. The maximum atomic E-state index is 13.3. The Hall–Kier alpha value is -3.03. The normalized spacial score (nSPS) is 24.5. The minimum atomic E-state index is -2.10. The SMILES string of the molecule is O=C(OC1C[N+]2(CCCOc3ccccc3)CCC1CC2)C(O)(c1ccco1)c1ccco1. The number of carbonyl (C=O) groups excluding carboxylic acids is 1. The van der Waals surface area contributed by atoms with Gasteiger partial charge in [0.1, 0.15) is 12.3 Å². The van der Waals surface area contributed by atoms with Crippen LogP contribution in [-0.4, -0.2) is 54.4 Å². The van der Waals surface area contributed by atoms with Crippen molar-refractivity contribution in [3.8, 4) is 5.75 Å². The van der Waals surface area contributed by atoms with E-state index in [1.54, 1.807) is 24.3 Å². The second-order valence-electron chi connectivity index (χ2n) is 9.16. The Labute approximate surface area is 193 Å². The quantitative estimate of drug-likeness (QED) is 0.303. The first-order valence-corrected chi connectivity index (χ1v) is 11.6. The van der Waals surface area contributed by atoms with Gasteiger partial charge in [-0.1, -0.05) is 18.2 Å². The van der Waals surface area contributed by atoms with Crippen molar-refractivity contribution in [3.63, 3.8) is 0 Å². The van der Waals surface area contributed by atoms with Crippen molar-refractivity contribution in [2.45, 2.75) is 31.0 Å². The summed E-state index contributed by atoms with van der Waals surface area (Å²) >= 11 is 0. The Balaban J connectivity index is 1.24. The zero-order valence-electron chi connectivity index (χ0n) is 18.6. The van der Waals surface area contributed by atoms with Crippen LogP contribution in [0.15, 0.2) is 76.0 Å². The molecule has 7 heteroatoms. The van der Waals surface area contributed by atoms with Crippen LogP contribution in [0.4, 0.5) is 0 Å². The molecule has 1 N–H and O–H groups in total. The van der Waals surface area contributed by atoms with E-state index in [2.05, 4.69) is 0 Å². The number of piperidine rings is 3. The lowest BCUT2D eigenvalue weighted by Gasteiger charge is -2.52. The van der Waals surface area contributed by atoms with E-state index in [4.69, 9.17) is 18.3 Å². The monoisotopic (exact) mass is 452 g/mol. The van der Waals surface area contributed by atoms with E-state index in [-0.39, 0.29) is 17.6 Å². The van der Waals surface area contributed by atoms with Crippen molar-refractivity contribution in [1.29, 1.82) is 0 Å². The number of carbonyl (C=O) groups is 1. The van der Waals surface area contributed by atoms with Crippen LogP contribution in [0, 0.1) is 5.92 Å². The van der Waals surface area contributed by atoms with Gasteiger partial charge in [0.25, 0.3) is 5.60 Å². The molecule has 0 spiro atoms. The number of esters is 1. The second-order valence-corrected chi connectivity index (χ2v) is 9.16. The van der Waals surface area contributed by atoms with E-state index in [0.29, 0.717) is 12.5 Å². The Morgan fingerprint density at radius 3 is 2.27 bits per heavy atom. The van der Waals surface area contributed by atoms with E-state index >= 15 is 0 Å². The largest absolute Gasteiger partial charge is 0.493 e. The molecule has 3 aliphatic heterocycles. The molecule has 33 heavy (non-hydrogen) atoms. The summed E-state index contributed by atoms with van der Waals surface area (Å²) in [5, 5.41) is 11.4. The summed E-state index contributed by atoms with van der Waals surface area (Å²) < 4.78 is 23.6. The van der Waals surface area contributed by atoms with Gasteiger partial charge in [0.15, 0.2) is 17.6 Å². The number of rotatable bonds is 9. The Kier molecular flexibility index (Phi) is 6.00. The first kappa shape index (κ1) is 21.8. The van der Waals surface area contributed by atoms with Gasteiger partial charge in [-0.3, -0.25) is 0 Å². The number of fused-ring (bicyclic) bond motifs is 3. The summed E-state index contributed by atoms with van der Waals surface area (Å²) in [6.45, 7) is 4.58. The summed E-state index contributed by atoms with van der Waals surface area (Å²) in [6, 6.07) is 16.2. The van der Waals surface area contributed by atoms with E-state index in [0.717, 1.165) is 55.7 Å². The lowest BCUT2D eigenvalue weighted by Crippen LogP contribution is -2.65. The van der Waals surface area contributed by atoms with Crippen molar-refractivity contribution < 1.29 is 32.7 Å². The molecule has 3 aromatic rings. The van der Waals surface area contributed by atoms with Crippen LogP contribution >= 0.6 is 0 Å². The number of para-hydroxylation sites is 1. The van der Waals surface area contributed by atoms with Gasteiger partial charge in [-0.05, 0) is 36.4 Å². The van der Waals surface area contributed by atoms with E-state index in [9.17, 15) is 9.90 Å². The molecule has 1 unspecified atom stereocenters. The number of hydrogen-bond acceptors (Lipinski definition) is 6. The minimum absolute atomic E-state index is 0.0886. The zero-order valence-corrected chi connectivity index (χ0v) is 18.6. The van der Waals surface area contributed by atoms with Crippen molar-refractivity contribution in [2.24, 2.45) is 5.92 Å². The van der Waals surface area contributed by atoms with E-state index < -0.39 is 11.6 Å². The molecule has 5 heterocycles. The molecule has 7 nitrogen and oxygen atoms in total. The first-order valence-electron chi connectivity index (χ1n) is 11.6. The van der Waals surface area contributed by atoms with Crippen molar-refractivity contribution in [3.05, 3.63) is 78.6 Å². The fourth-order valence-electron chi connectivity index (χ4n) is 5.29. The minimum Gasteiger partial charge on any atom is -0.493 e. The summed E-state index contributed by atoms with van der Waals surface area (Å²) in [6.07, 6.45) is 5.55. The van der Waals surface area contributed by atoms with Crippen LogP contribution in [0.2, 0.25) is 0 Å². The third kappa shape index (κ3) is 4.30. The lowest BCUT2D eigenvalue weighted by atomic mass is 9.83. The molecule has 1 atom stereocenters. The van der Waals surface area contributed by atoms with Gasteiger partial charge in [-0.25, -0.2) is 4.79 Å². The van der Waals surface area contributed by atoms with Crippen LogP contribution in [0.1, 0.15) is 30.8 Å². The van der Waals surface area contributed by atoms with Gasteiger partial charge in [-0.2, -0.15) is 0 Å². The summed E-state index contributed by atoms with van der Waals surface area (Å²) in [5.74, 6) is 0.622. The van der Waals surface area contributed by atoms with Gasteiger partial charge in [0.05, 0.1) is 38.8 Å². The number of nitrogens with zero attached hydrogens (tertiary/aromatic N) is 1. The number of hydrogen-bond donors (Lipinski definition) is 1. The van der Waals surface area contributed by atoms with Crippen molar-refractivity contribution in [2.75, 3.05) is 32.8 Å². The number of benzene rings is 1. The molecule has 3 saturated heterocycles. The van der Waals surface area contributed by atoms with Gasteiger partial charge in [0.2, 0.25) is 0 Å². The topological polar surface area (TPSA) is 82.0 Å². The molecule has 6 rings (SSSR count). The van der Waals surface area contributed by atoms with Crippen LogP contribution in [0.3, 0.4) is 0 Å². The first-order chi connectivity index (χ1) is 16.1. The number of quaternary nitrogens is 1. The predicted molar refractivity (Wildman–Crippen MR) is 119 cm³/mol. The van der Waals surface area contributed by atoms with E-state index in [1.165, 1.54) is 12.5 Å². The number of ether oxygens (including phenoxy) is 2. The van der Waals surface area contributed by atoms with Crippen molar-refractivity contribution in [1.82, 2.24) is 0 Å². The average Bonchev–Trinajstić information content (AvgIpc) is 3.58. The zero-order chi connectivity index (χ0) is 22.7. The molecular formula is C26H30NO6+. The highest BCUT2D eigenvalue weighted by atomic mass is 16.6. The fourth-order valence-corrected chi connectivity index (χ4v) is 5.29. The lowest BCUT2D eigenvalue weighted by molar-refractivity contribution is -0.946. The molecule has 2 bridgehead atoms. The highest BCUT2D eigenvalue weighted by molar-refractivity contribution is 5.83.